The molecule has 1 unspecified atom stereocenters. The minimum atomic E-state index is -0.557. The highest BCUT2D eigenvalue weighted by Gasteiger charge is 2.33. The number of hydrogen-bond acceptors (Lipinski definition) is 3. The number of likely N-dealkylation sites (N-methyl/N-ethyl adjacent to an activating group) is 1. The zero-order valence-corrected chi connectivity index (χ0v) is 15.9. The monoisotopic (exact) mass is 400 g/mol. The molecule has 2 amide bonds. The van der Waals surface area contributed by atoms with Crippen LogP contribution in [0.15, 0.2) is 22.7 Å². The van der Waals surface area contributed by atoms with Gasteiger partial charge in [0.05, 0.1) is 11.6 Å². The Morgan fingerprint density at radius 1 is 1.38 bits per heavy atom. The Morgan fingerprint density at radius 3 is 2.62 bits per heavy atom. The number of nitrogens with zero attached hydrogens (tertiary/aromatic N) is 2. The Labute approximate surface area is 149 Å². The average molecular weight is 401 g/mol. The Balaban J connectivity index is 2.02. The van der Waals surface area contributed by atoms with E-state index in [1.54, 1.807) is 11.9 Å². The number of carbonyl (C=O) groups excluding carboxylic acids is 2. The van der Waals surface area contributed by atoms with Crippen LogP contribution in [-0.2, 0) is 4.74 Å². The number of ether oxygens (including phenoxy) is 1. The molecule has 0 bridgehead atoms. The van der Waals surface area contributed by atoms with E-state index in [1.165, 1.54) is 23.1 Å². The number of carbonyl (C=O) groups is 2. The highest BCUT2D eigenvalue weighted by molar-refractivity contribution is 9.10. The van der Waals surface area contributed by atoms with Gasteiger partial charge in [-0.3, -0.25) is 4.79 Å². The SMILES string of the molecule is CN(C(=O)OC(C)(C)C)C1CCN(C(=O)c2ccc(F)cc2Br)C1. The summed E-state index contributed by atoms with van der Waals surface area (Å²) in [6.07, 6.45) is 0.282. The van der Waals surface area contributed by atoms with Gasteiger partial charge < -0.3 is 14.5 Å². The highest BCUT2D eigenvalue weighted by Crippen LogP contribution is 2.23. The molecule has 7 heteroatoms. The second-order valence-corrected chi connectivity index (χ2v) is 7.76. The maximum atomic E-state index is 13.2. The minimum Gasteiger partial charge on any atom is -0.444 e. The first-order valence-corrected chi connectivity index (χ1v) is 8.58. The fraction of sp³-hybridized carbons (Fsp3) is 0.529. The summed E-state index contributed by atoms with van der Waals surface area (Å²) in [5.74, 6) is -0.579. The quantitative estimate of drug-likeness (QED) is 0.760. The van der Waals surface area contributed by atoms with Crippen LogP contribution in [0.5, 0.6) is 0 Å². The third-order valence-corrected chi connectivity index (χ3v) is 4.50. The molecule has 1 aliphatic heterocycles. The lowest BCUT2D eigenvalue weighted by Crippen LogP contribution is -2.42. The second-order valence-electron chi connectivity index (χ2n) is 6.91. The van der Waals surface area contributed by atoms with Crippen molar-refractivity contribution in [2.45, 2.75) is 38.8 Å². The van der Waals surface area contributed by atoms with Crippen molar-refractivity contribution in [1.82, 2.24) is 9.80 Å². The predicted molar refractivity (Wildman–Crippen MR) is 92.4 cm³/mol. The zero-order valence-electron chi connectivity index (χ0n) is 14.3. The van der Waals surface area contributed by atoms with Crippen molar-refractivity contribution in [3.05, 3.63) is 34.1 Å². The lowest BCUT2D eigenvalue weighted by Gasteiger charge is -2.28. The Bertz CT molecular complexity index is 645. The summed E-state index contributed by atoms with van der Waals surface area (Å²) in [7, 11) is 1.68. The topological polar surface area (TPSA) is 49.9 Å². The zero-order chi connectivity index (χ0) is 18.1. The van der Waals surface area contributed by atoms with Crippen molar-refractivity contribution < 1.29 is 18.7 Å². The van der Waals surface area contributed by atoms with Crippen molar-refractivity contribution in [2.24, 2.45) is 0 Å². The summed E-state index contributed by atoms with van der Waals surface area (Å²) in [5, 5.41) is 0. The van der Waals surface area contributed by atoms with Gasteiger partial charge in [0, 0.05) is 24.6 Å². The van der Waals surface area contributed by atoms with Crippen LogP contribution in [0.4, 0.5) is 9.18 Å². The van der Waals surface area contributed by atoms with E-state index in [0.717, 1.165) is 0 Å². The van der Waals surface area contributed by atoms with Crippen LogP contribution >= 0.6 is 15.9 Å². The standard InChI is InChI=1S/C17H22BrFN2O3/c1-17(2,3)24-16(23)20(4)12-7-8-21(10-12)15(22)13-6-5-11(19)9-14(13)18/h5-6,9,12H,7-8,10H2,1-4H3. The molecule has 24 heavy (non-hydrogen) atoms. The minimum absolute atomic E-state index is 0.0944. The van der Waals surface area contributed by atoms with Gasteiger partial charge in [0.25, 0.3) is 5.91 Å². The van der Waals surface area contributed by atoms with Gasteiger partial charge >= 0.3 is 6.09 Å². The van der Waals surface area contributed by atoms with Gasteiger partial charge in [-0.2, -0.15) is 0 Å². The lowest BCUT2D eigenvalue weighted by molar-refractivity contribution is 0.0226. The van der Waals surface area contributed by atoms with Crippen molar-refractivity contribution in [3.8, 4) is 0 Å². The van der Waals surface area contributed by atoms with Gasteiger partial charge in [-0.1, -0.05) is 0 Å². The number of benzene rings is 1. The molecular weight excluding hydrogens is 379 g/mol. The predicted octanol–water partition coefficient (Wildman–Crippen LogP) is 3.67. The van der Waals surface area contributed by atoms with Crippen LogP contribution in [0.2, 0.25) is 0 Å². The molecule has 2 rings (SSSR count). The summed E-state index contributed by atoms with van der Waals surface area (Å²) in [6.45, 7) is 6.42. The second kappa shape index (κ2) is 7.09. The molecule has 1 atom stereocenters. The molecule has 0 spiro atoms. The van der Waals surface area contributed by atoms with Gasteiger partial charge in [-0.15, -0.1) is 0 Å². The molecule has 1 heterocycles. The summed E-state index contributed by atoms with van der Waals surface area (Å²) < 4.78 is 19.0. The van der Waals surface area contributed by atoms with E-state index in [1.807, 2.05) is 20.8 Å². The van der Waals surface area contributed by atoms with Gasteiger partial charge in [-0.25, -0.2) is 9.18 Å². The van der Waals surface area contributed by atoms with E-state index >= 15 is 0 Å². The van der Waals surface area contributed by atoms with Gasteiger partial charge in [0.1, 0.15) is 11.4 Å². The van der Waals surface area contributed by atoms with Crippen LogP contribution < -0.4 is 0 Å². The van der Waals surface area contributed by atoms with Crippen LogP contribution in [0.1, 0.15) is 37.6 Å². The molecule has 1 saturated heterocycles. The Kier molecular flexibility index (Phi) is 5.52. The molecule has 1 aromatic carbocycles. The molecule has 0 aliphatic carbocycles. The first-order chi connectivity index (χ1) is 11.1. The molecule has 0 radical (unpaired) electrons. The first-order valence-electron chi connectivity index (χ1n) is 7.78. The summed E-state index contributed by atoms with van der Waals surface area (Å²) in [6, 6.07) is 3.90. The fourth-order valence-corrected chi connectivity index (χ4v) is 3.08. The largest absolute Gasteiger partial charge is 0.444 e. The molecule has 0 saturated carbocycles. The molecule has 132 valence electrons. The number of hydrogen-bond donors (Lipinski definition) is 0. The van der Waals surface area contributed by atoms with E-state index < -0.39 is 17.5 Å². The first kappa shape index (κ1) is 18.7. The molecule has 1 aliphatic rings. The number of halogens is 2. The molecule has 0 aromatic heterocycles. The van der Waals surface area contributed by atoms with E-state index in [-0.39, 0.29) is 11.9 Å². The smallest absolute Gasteiger partial charge is 0.410 e. The molecule has 1 fully saturated rings. The number of amides is 2. The van der Waals surface area contributed by atoms with E-state index in [4.69, 9.17) is 4.74 Å². The van der Waals surface area contributed by atoms with Gasteiger partial charge in [-0.05, 0) is 61.3 Å². The van der Waals surface area contributed by atoms with Gasteiger partial charge in [0.15, 0.2) is 0 Å². The van der Waals surface area contributed by atoms with Gasteiger partial charge in [0.2, 0.25) is 0 Å². The highest BCUT2D eigenvalue weighted by atomic mass is 79.9. The van der Waals surface area contributed by atoms with Crippen molar-refractivity contribution in [1.29, 1.82) is 0 Å². The van der Waals surface area contributed by atoms with Crippen molar-refractivity contribution >= 4 is 27.9 Å². The third-order valence-electron chi connectivity index (χ3n) is 3.84. The van der Waals surface area contributed by atoms with Crippen molar-refractivity contribution in [3.63, 3.8) is 0 Å². The van der Waals surface area contributed by atoms with E-state index in [0.29, 0.717) is 29.5 Å². The Morgan fingerprint density at radius 2 is 2.04 bits per heavy atom. The van der Waals surface area contributed by atoms with Crippen LogP contribution in [0.3, 0.4) is 0 Å². The normalized spacial score (nSPS) is 17.8. The fourth-order valence-electron chi connectivity index (χ4n) is 2.56. The van der Waals surface area contributed by atoms with Crippen molar-refractivity contribution in [2.75, 3.05) is 20.1 Å². The molecular formula is C17H22BrFN2O3. The lowest BCUT2D eigenvalue weighted by atomic mass is 10.2. The molecule has 5 nitrogen and oxygen atoms in total. The van der Waals surface area contributed by atoms with Crippen LogP contribution in [-0.4, -0.2) is 53.6 Å². The van der Waals surface area contributed by atoms with E-state index in [9.17, 15) is 14.0 Å². The number of likely N-dealkylation sites (tertiary alicyclic amines) is 1. The third kappa shape index (κ3) is 4.47. The maximum absolute atomic E-state index is 13.2. The summed E-state index contributed by atoms with van der Waals surface area (Å²) in [4.78, 5) is 27.9. The van der Waals surface area contributed by atoms with E-state index in [2.05, 4.69) is 15.9 Å². The average Bonchev–Trinajstić information content (AvgIpc) is 2.93. The van der Waals surface area contributed by atoms with Crippen LogP contribution in [0, 0.1) is 5.82 Å². The number of rotatable bonds is 2. The molecule has 1 aromatic rings. The Hall–Kier alpha value is -1.63. The maximum Gasteiger partial charge on any atom is 0.410 e. The van der Waals surface area contributed by atoms with Crippen LogP contribution in [0.25, 0.3) is 0 Å². The summed E-state index contributed by atoms with van der Waals surface area (Å²) >= 11 is 3.22. The molecule has 0 N–H and O–H groups in total. The summed E-state index contributed by atoms with van der Waals surface area (Å²) in [5.41, 5.74) is -0.143.